The van der Waals surface area contributed by atoms with Gasteiger partial charge in [0.25, 0.3) is 5.56 Å². The molecule has 4 aromatic rings. The van der Waals surface area contributed by atoms with Gasteiger partial charge in [0.05, 0.1) is 11.9 Å². The lowest BCUT2D eigenvalue weighted by Gasteiger charge is -2.39. The molecule has 1 atom stereocenters. The largest absolute Gasteiger partial charge is 0.374 e. The fourth-order valence-electron chi connectivity index (χ4n) is 8.95. The molecule has 4 aliphatic rings. The summed E-state index contributed by atoms with van der Waals surface area (Å²) in [5.74, 6) is -0.611. The van der Waals surface area contributed by atoms with Gasteiger partial charge in [-0.3, -0.25) is 29.1 Å². The fraction of sp³-hybridized carbons (Fsp3) is 0.455. The van der Waals surface area contributed by atoms with Crippen LogP contribution < -0.4 is 31.7 Å². The molecule has 4 fully saturated rings. The summed E-state index contributed by atoms with van der Waals surface area (Å²) in [6, 6.07) is 16.6. The third-order valence-electron chi connectivity index (χ3n) is 12.3. The monoisotopic (exact) mass is 807 g/mol. The Morgan fingerprint density at radius 1 is 0.797 bits per heavy atom. The van der Waals surface area contributed by atoms with Crippen LogP contribution in [0.5, 0.6) is 0 Å². The molecule has 15 heteroatoms. The van der Waals surface area contributed by atoms with Crippen molar-refractivity contribution in [1.29, 1.82) is 0 Å². The Balaban J connectivity index is 0.743. The number of halogens is 2. The zero-order chi connectivity index (χ0) is 40.9. The number of carbonyl (C=O) groups excluding carboxylic acids is 3. The quantitative estimate of drug-likeness (QED) is 0.148. The number of anilines is 3. The maximum atomic E-state index is 15.2. The Morgan fingerprint density at radius 3 is 2.34 bits per heavy atom. The van der Waals surface area contributed by atoms with Crippen molar-refractivity contribution < 1.29 is 23.2 Å². The first-order valence-electron chi connectivity index (χ1n) is 20.9. The second kappa shape index (κ2) is 18.1. The van der Waals surface area contributed by atoms with Crippen LogP contribution in [0.2, 0.25) is 0 Å². The molecule has 2 aromatic heterocycles. The van der Waals surface area contributed by atoms with Crippen molar-refractivity contribution in [2.24, 2.45) is 11.8 Å². The van der Waals surface area contributed by atoms with Crippen LogP contribution in [0.1, 0.15) is 64.2 Å². The Bertz CT molecular complexity index is 2210. The van der Waals surface area contributed by atoms with Crippen LogP contribution in [0, 0.1) is 23.5 Å². The number of piperidine rings is 3. The van der Waals surface area contributed by atoms with E-state index in [9.17, 15) is 23.6 Å². The number of benzene rings is 2. The van der Waals surface area contributed by atoms with Crippen molar-refractivity contribution in [3.63, 3.8) is 0 Å². The Morgan fingerprint density at radius 2 is 1.59 bits per heavy atom. The number of hydrogen-bond donors (Lipinski definition) is 4. The van der Waals surface area contributed by atoms with Gasteiger partial charge in [-0.25, -0.2) is 18.7 Å². The van der Waals surface area contributed by atoms with Gasteiger partial charge in [-0.15, -0.1) is 0 Å². The van der Waals surface area contributed by atoms with Gasteiger partial charge in [0.1, 0.15) is 17.6 Å². The fourth-order valence-corrected chi connectivity index (χ4v) is 8.95. The Kier molecular flexibility index (Phi) is 12.3. The molecule has 8 rings (SSSR count). The van der Waals surface area contributed by atoms with Crippen molar-refractivity contribution in [1.82, 2.24) is 30.1 Å². The minimum atomic E-state index is -0.555. The van der Waals surface area contributed by atoms with E-state index in [1.165, 1.54) is 16.7 Å². The molecule has 1 unspecified atom stereocenters. The lowest BCUT2D eigenvalue weighted by atomic mass is 9.85. The second-order valence-corrected chi connectivity index (χ2v) is 16.4. The first-order valence-corrected chi connectivity index (χ1v) is 20.9. The van der Waals surface area contributed by atoms with E-state index in [0.717, 1.165) is 90.3 Å². The van der Waals surface area contributed by atoms with Crippen molar-refractivity contribution in [2.45, 2.75) is 82.3 Å². The number of carbonyl (C=O) groups is 3. The van der Waals surface area contributed by atoms with Crippen LogP contribution in [0.15, 0.2) is 77.9 Å². The lowest BCUT2D eigenvalue weighted by molar-refractivity contribution is -0.133. The summed E-state index contributed by atoms with van der Waals surface area (Å²) >= 11 is 0. The molecule has 3 saturated heterocycles. The number of rotatable bonds is 11. The zero-order valence-electron chi connectivity index (χ0n) is 33.0. The Labute approximate surface area is 342 Å². The molecule has 13 nitrogen and oxygen atoms in total. The van der Waals surface area contributed by atoms with E-state index >= 15 is 4.39 Å². The number of aromatic nitrogens is 3. The SMILES string of the molecule is O=C1CCC(Nc2ccc(N3CCC(CN4CCC(NC(=O)[C@H]5CC[C@H](Nc6ncc(F)c(-c7cccc(-n8ccccc8=O)c7)n6)CC5)CC4)CC3)c(F)c2)C(=O)N1. The van der Waals surface area contributed by atoms with Crippen LogP contribution in [0.3, 0.4) is 0 Å². The van der Waals surface area contributed by atoms with Crippen molar-refractivity contribution >= 4 is 35.0 Å². The van der Waals surface area contributed by atoms with Gasteiger partial charge >= 0.3 is 0 Å². The smallest absolute Gasteiger partial charge is 0.255 e. The molecule has 310 valence electrons. The molecule has 0 spiro atoms. The number of nitrogens with zero attached hydrogens (tertiary/aromatic N) is 5. The summed E-state index contributed by atoms with van der Waals surface area (Å²) in [5.41, 5.74) is 2.20. The molecule has 3 amide bonds. The predicted octanol–water partition coefficient (Wildman–Crippen LogP) is 5.26. The highest BCUT2D eigenvalue weighted by atomic mass is 19.1. The molecule has 4 N–H and O–H groups in total. The summed E-state index contributed by atoms with van der Waals surface area (Å²) in [6.45, 7) is 4.43. The summed E-state index contributed by atoms with van der Waals surface area (Å²) in [6.07, 6.45) is 10.3. The van der Waals surface area contributed by atoms with Crippen LogP contribution in [0.25, 0.3) is 16.9 Å². The van der Waals surface area contributed by atoms with Crippen LogP contribution in [-0.2, 0) is 14.4 Å². The minimum absolute atomic E-state index is 0.0484. The second-order valence-electron chi connectivity index (χ2n) is 16.4. The number of pyridine rings is 1. The van der Waals surface area contributed by atoms with E-state index in [1.807, 2.05) is 0 Å². The van der Waals surface area contributed by atoms with Crippen LogP contribution in [0.4, 0.5) is 26.1 Å². The van der Waals surface area contributed by atoms with Crippen LogP contribution >= 0.6 is 0 Å². The average Bonchev–Trinajstić information content (AvgIpc) is 3.24. The average molecular weight is 808 g/mol. The summed E-state index contributed by atoms with van der Waals surface area (Å²) in [4.78, 5) is 62.5. The van der Waals surface area contributed by atoms with E-state index in [0.29, 0.717) is 40.9 Å². The molecule has 59 heavy (non-hydrogen) atoms. The molecule has 0 bridgehead atoms. The Hall–Kier alpha value is -5.70. The number of hydrogen-bond acceptors (Lipinski definition) is 10. The number of imide groups is 1. The maximum absolute atomic E-state index is 15.2. The third kappa shape index (κ3) is 9.78. The number of amides is 3. The van der Waals surface area contributed by atoms with Crippen molar-refractivity contribution in [2.75, 3.05) is 48.3 Å². The van der Waals surface area contributed by atoms with E-state index in [-0.39, 0.29) is 59.2 Å². The number of likely N-dealkylation sites (tertiary alicyclic amines) is 1. The van der Waals surface area contributed by atoms with Gasteiger partial charge < -0.3 is 25.8 Å². The molecule has 1 aliphatic carbocycles. The molecular weight excluding hydrogens is 757 g/mol. The molecule has 0 radical (unpaired) electrons. The van der Waals surface area contributed by atoms with Crippen molar-refractivity contribution in [3.8, 4) is 16.9 Å². The topological polar surface area (TPSA) is 154 Å². The molecule has 3 aliphatic heterocycles. The van der Waals surface area contributed by atoms with Gasteiger partial charge in [-0.2, -0.15) is 0 Å². The van der Waals surface area contributed by atoms with E-state index in [2.05, 4.69) is 41.0 Å². The molecule has 5 heterocycles. The molecule has 1 saturated carbocycles. The summed E-state index contributed by atoms with van der Waals surface area (Å²) in [5, 5.41) is 12.1. The lowest BCUT2D eigenvalue weighted by Crippen LogP contribution is -2.48. The summed E-state index contributed by atoms with van der Waals surface area (Å²) in [7, 11) is 0. The highest BCUT2D eigenvalue weighted by Crippen LogP contribution is 2.31. The maximum Gasteiger partial charge on any atom is 0.255 e. The first kappa shape index (κ1) is 40.1. The van der Waals surface area contributed by atoms with E-state index in [1.54, 1.807) is 54.7 Å². The standard InChI is InChI=1S/C44H51F2N9O4/c45-35-25-33(48-37-12-14-39(56)51-43(37)59)11-13-38(35)54-22-15-28(16-23-54)27-53-20-17-32(18-21-53)49-42(58)29-7-9-31(10-8-29)50-44-47-26-36(46)41(52-44)30-4-3-5-34(24-30)55-19-2-1-6-40(55)57/h1-6,11,13,19,24-26,28-29,31-32,37,48H,7-10,12,14-18,20-23,27H2,(H,49,58)(H,47,50,52)(H,51,56,59)/t29-,31-,37?. The van der Waals surface area contributed by atoms with E-state index in [4.69, 9.17) is 0 Å². The van der Waals surface area contributed by atoms with Crippen molar-refractivity contribution in [3.05, 3.63) is 95.0 Å². The zero-order valence-corrected chi connectivity index (χ0v) is 33.0. The van der Waals surface area contributed by atoms with E-state index < -0.39 is 11.9 Å². The van der Waals surface area contributed by atoms with Gasteiger partial charge in [0.15, 0.2) is 5.82 Å². The normalized spacial score (nSPS) is 22.1. The third-order valence-corrected chi connectivity index (χ3v) is 12.3. The molecule has 2 aromatic carbocycles. The molecular formula is C44H51F2N9O4. The van der Waals surface area contributed by atoms with Gasteiger partial charge in [-0.05, 0) is 100 Å². The minimum Gasteiger partial charge on any atom is -0.374 e. The highest BCUT2D eigenvalue weighted by Gasteiger charge is 2.31. The number of nitrogens with one attached hydrogen (secondary N) is 4. The first-order chi connectivity index (χ1) is 28.6. The van der Waals surface area contributed by atoms with Gasteiger partial charge in [0, 0.05) is 86.3 Å². The van der Waals surface area contributed by atoms with Crippen LogP contribution in [-0.4, -0.2) is 88.0 Å². The predicted molar refractivity (Wildman–Crippen MR) is 221 cm³/mol. The summed E-state index contributed by atoms with van der Waals surface area (Å²) < 4.78 is 31.6. The van der Waals surface area contributed by atoms with Gasteiger partial charge in [0.2, 0.25) is 23.7 Å². The highest BCUT2D eigenvalue weighted by molar-refractivity contribution is 6.01. The van der Waals surface area contributed by atoms with Gasteiger partial charge in [-0.1, -0.05) is 18.2 Å².